The van der Waals surface area contributed by atoms with Gasteiger partial charge in [0, 0.05) is 24.7 Å². The number of carbonyl (C=O) groups excluding carboxylic acids is 1. The van der Waals surface area contributed by atoms with E-state index in [-0.39, 0.29) is 17.9 Å². The lowest BCUT2D eigenvalue weighted by Crippen LogP contribution is -2.41. The molecule has 6 heteroatoms. The van der Waals surface area contributed by atoms with E-state index in [0.29, 0.717) is 19.0 Å². The number of carbonyl (C=O) groups is 1. The van der Waals surface area contributed by atoms with Gasteiger partial charge in [-0.1, -0.05) is 19.9 Å². The van der Waals surface area contributed by atoms with Crippen LogP contribution in [0.2, 0.25) is 0 Å². The zero-order valence-corrected chi connectivity index (χ0v) is 15.4. The third-order valence-corrected chi connectivity index (χ3v) is 5.95. The number of fused-ring (bicyclic) bond motifs is 1. The van der Waals surface area contributed by atoms with E-state index >= 15 is 0 Å². The molecule has 132 valence electrons. The van der Waals surface area contributed by atoms with Gasteiger partial charge in [-0.25, -0.2) is 13.1 Å². The Balaban J connectivity index is 1.78. The first-order valence-electron chi connectivity index (χ1n) is 8.63. The molecular weight excluding hydrogens is 324 g/mol. The van der Waals surface area contributed by atoms with Crippen LogP contribution in [0.15, 0.2) is 18.2 Å². The second kappa shape index (κ2) is 6.48. The highest BCUT2D eigenvalue weighted by Crippen LogP contribution is 2.28. The fourth-order valence-electron chi connectivity index (χ4n) is 3.96. The van der Waals surface area contributed by atoms with Gasteiger partial charge in [-0.2, -0.15) is 0 Å². The van der Waals surface area contributed by atoms with Crippen LogP contribution < -0.4 is 4.72 Å². The van der Waals surface area contributed by atoms with Crippen molar-refractivity contribution in [3.63, 3.8) is 0 Å². The maximum absolute atomic E-state index is 12.9. The van der Waals surface area contributed by atoms with Crippen LogP contribution in [0.5, 0.6) is 0 Å². The largest absolute Gasteiger partial charge is 0.337 e. The minimum atomic E-state index is -3.28. The molecule has 1 amide bonds. The summed E-state index contributed by atoms with van der Waals surface area (Å²) in [7, 11) is -3.28. The minimum Gasteiger partial charge on any atom is -0.337 e. The molecule has 1 aromatic carbocycles. The van der Waals surface area contributed by atoms with Gasteiger partial charge < -0.3 is 4.90 Å². The lowest BCUT2D eigenvalue weighted by molar-refractivity contribution is 0.0783. The molecule has 1 heterocycles. The first-order valence-corrected chi connectivity index (χ1v) is 10.5. The highest BCUT2D eigenvalue weighted by molar-refractivity contribution is 7.88. The lowest BCUT2D eigenvalue weighted by atomic mass is 9.92. The summed E-state index contributed by atoms with van der Waals surface area (Å²) in [4.78, 5) is 14.7. The van der Waals surface area contributed by atoms with E-state index in [1.807, 2.05) is 12.1 Å². The van der Waals surface area contributed by atoms with Crippen molar-refractivity contribution in [2.75, 3.05) is 19.3 Å². The average molecular weight is 350 g/mol. The number of rotatable bonds is 4. The summed E-state index contributed by atoms with van der Waals surface area (Å²) in [5.74, 6) is 0.452. The Hall–Kier alpha value is -1.40. The van der Waals surface area contributed by atoms with Crippen LogP contribution in [0.1, 0.15) is 41.8 Å². The number of nitrogens with zero attached hydrogens (tertiary/aromatic N) is 1. The quantitative estimate of drug-likeness (QED) is 0.901. The first kappa shape index (κ1) is 17.4. The smallest absolute Gasteiger partial charge is 0.253 e. The monoisotopic (exact) mass is 350 g/mol. The van der Waals surface area contributed by atoms with E-state index < -0.39 is 10.0 Å². The molecule has 2 atom stereocenters. The summed E-state index contributed by atoms with van der Waals surface area (Å²) in [6.07, 6.45) is 4.48. The number of nitrogens with one attached hydrogen (secondary N) is 1. The number of sulfonamides is 1. The van der Waals surface area contributed by atoms with Crippen molar-refractivity contribution in [3.05, 3.63) is 34.9 Å². The Morgan fingerprint density at radius 2 is 1.92 bits per heavy atom. The second-order valence-electron chi connectivity index (χ2n) is 7.45. The van der Waals surface area contributed by atoms with Crippen molar-refractivity contribution in [3.8, 4) is 0 Å². The zero-order chi connectivity index (χ0) is 17.5. The number of benzene rings is 1. The molecule has 2 aliphatic rings. The average Bonchev–Trinajstić information content (AvgIpc) is 3.10. The van der Waals surface area contributed by atoms with Crippen LogP contribution >= 0.6 is 0 Å². The van der Waals surface area contributed by atoms with E-state index in [1.54, 1.807) is 4.90 Å². The summed E-state index contributed by atoms with van der Waals surface area (Å²) in [5.41, 5.74) is 3.36. The molecule has 0 saturated carbocycles. The normalized spacial score (nSPS) is 23.8. The predicted molar refractivity (Wildman–Crippen MR) is 94.5 cm³/mol. The number of hydrogen-bond donors (Lipinski definition) is 1. The molecule has 0 spiro atoms. The van der Waals surface area contributed by atoms with Gasteiger partial charge in [0.25, 0.3) is 5.91 Å². The first-order chi connectivity index (χ1) is 11.2. The van der Waals surface area contributed by atoms with E-state index in [9.17, 15) is 13.2 Å². The van der Waals surface area contributed by atoms with E-state index in [2.05, 4.69) is 24.6 Å². The Kier molecular flexibility index (Phi) is 4.71. The fraction of sp³-hybridized carbons (Fsp3) is 0.611. The minimum absolute atomic E-state index is 0.00755. The van der Waals surface area contributed by atoms with Crippen LogP contribution in [0.25, 0.3) is 0 Å². The number of amides is 1. The molecule has 1 saturated heterocycles. The summed E-state index contributed by atoms with van der Waals surface area (Å²) in [5, 5.41) is 0. The van der Waals surface area contributed by atoms with Crippen LogP contribution in [0, 0.1) is 11.8 Å². The maximum Gasteiger partial charge on any atom is 0.253 e. The molecule has 3 rings (SSSR count). The molecule has 0 bridgehead atoms. The Morgan fingerprint density at radius 3 is 2.58 bits per heavy atom. The fourth-order valence-corrected chi connectivity index (χ4v) is 4.76. The van der Waals surface area contributed by atoms with Gasteiger partial charge in [-0.05, 0) is 54.4 Å². The van der Waals surface area contributed by atoms with E-state index in [4.69, 9.17) is 0 Å². The maximum atomic E-state index is 12.9. The van der Waals surface area contributed by atoms with Gasteiger partial charge in [0.15, 0.2) is 0 Å². The molecule has 1 fully saturated rings. The predicted octanol–water partition coefficient (Wildman–Crippen LogP) is 1.82. The zero-order valence-electron chi connectivity index (χ0n) is 14.6. The van der Waals surface area contributed by atoms with Gasteiger partial charge in [0.05, 0.1) is 6.26 Å². The Morgan fingerprint density at radius 1 is 1.21 bits per heavy atom. The van der Waals surface area contributed by atoms with E-state index in [1.165, 1.54) is 17.4 Å². The standard InChI is InChI=1S/C18H26N2O3S/c1-12(2)16-10-20(11-17(16)19-24(3,22)23)18(21)15-8-7-13-5-4-6-14(13)9-15/h7-9,12,16-17,19H,4-6,10-11H2,1-3H3/t16-,17+/m0/s1. The van der Waals surface area contributed by atoms with Gasteiger partial charge >= 0.3 is 0 Å². The van der Waals surface area contributed by atoms with Crippen molar-refractivity contribution in [2.45, 2.75) is 39.2 Å². The van der Waals surface area contributed by atoms with Crippen LogP contribution in [0.3, 0.4) is 0 Å². The van der Waals surface area contributed by atoms with E-state index in [0.717, 1.165) is 24.8 Å². The van der Waals surface area contributed by atoms with Crippen molar-refractivity contribution in [1.82, 2.24) is 9.62 Å². The summed E-state index contributed by atoms with van der Waals surface area (Å²) < 4.78 is 25.9. The second-order valence-corrected chi connectivity index (χ2v) is 9.23. The molecule has 5 nitrogen and oxygen atoms in total. The van der Waals surface area contributed by atoms with Crippen molar-refractivity contribution in [1.29, 1.82) is 0 Å². The Labute approximate surface area is 144 Å². The molecular formula is C18H26N2O3S. The molecule has 1 aliphatic carbocycles. The third-order valence-electron chi connectivity index (χ3n) is 5.22. The summed E-state index contributed by atoms with van der Waals surface area (Å²) >= 11 is 0. The number of hydrogen-bond acceptors (Lipinski definition) is 3. The molecule has 24 heavy (non-hydrogen) atoms. The lowest BCUT2D eigenvalue weighted by Gasteiger charge is -2.21. The highest BCUT2D eigenvalue weighted by Gasteiger charge is 2.38. The summed E-state index contributed by atoms with van der Waals surface area (Å²) in [6, 6.07) is 5.79. The Bertz CT molecular complexity index is 743. The van der Waals surface area contributed by atoms with Crippen molar-refractivity contribution in [2.24, 2.45) is 11.8 Å². The van der Waals surface area contributed by atoms with Crippen molar-refractivity contribution < 1.29 is 13.2 Å². The summed E-state index contributed by atoms with van der Waals surface area (Å²) in [6.45, 7) is 5.18. The van der Waals surface area contributed by atoms with Crippen molar-refractivity contribution >= 4 is 15.9 Å². The third kappa shape index (κ3) is 3.64. The molecule has 1 N–H and O–H groups in total. The van der Waals surface area contributed by atoms with Crippen LogP contribution in [-0.2, 0) is 22.9 Å². The topological polar surface area (TPSA) is 66.5 Å². The molecule has 1 aliphatic heterocycles. The molecule has 1 aromatic rings. The van der Waals surface area contributed by atoms with Crippen LogP contribution in [-0.4, -0.2) is 44.6 Å². The molecule has 0 unspecified atom stereocenters. The van der Waals surface area contributed by atoms with Gasteiger partial charge in [-0.15, -0.1) is 0 Å². The molecule has 0 aromatic heterocycles. The van der Waals surface area contributed by atoms with Gasteiger partial charge in [0.2, 0.25) is 10.0 Å². The SMILES string of the molecule is CC(C)[C@@H]1CN(C(=O)c2ccc3c(c2)CCC3)C[C@H]1NS(C)(=O)=O. The van der Waals surface area contributed by atoms with Gasteiger partial charge in [-0.3, -0.25) is 4.79 Å². The number of likely N-dealkylation sites (tertiary alicyclic amines) is 1. The molecule has 0 radical (unpaired) electrons. The number of aryl methyl sites for hydroxylation is 2. The van der Waals surface area contributed by atoms with Crippen LogP contribution in [0.4, 0.5) is 0 Å². The highest BCUT2D eigenvalue weighted by atomic mass is 32.2. The van der Waals surface area contributed by atoms with Gasteiger partial charge in [0.1, 0.15) is 0 Å².